The molecule has 1 amide bonds. The van der Waals surface area contributed by atoms with Crippen LogP contribution in [-0.4, -0.2) is 35.1 Å². The molecule has 5 heteroatoms. The van der Waals surface area contributed by atoms with Crippen molar-refractivity contribution in [2.75, 3.05) is 13.1 Å². The topological polar surface area (TPSA) is 79.7 Å². The summed E-state index contributed by atoms with van der Waals surface area (Å²) < 4.78 is 5.24. The van der Waals surface area contributed by atoms with Gasteiger partial charge in [0.2, 0.25) is 0 Å². The molecule has 1 fully saturated rings. The molecule has 1 saturated heterocycles. The molecule has 1 atom stereocenters. The molecular formula is C10H14N2O3. The number of likely N-dealkylation sites (tertiary alicyclic amines) is 1. The number of rotatable bonds is 2. The van der Waals surface area contributed by atoms with Gasteiger partial charge >= 0.3 is 0 Å². The predicted octanol–water partition coefficient (Wildman–Crippen LogP) is -0.0549. The van der Waals surface area contributed by atoms with E-state index in [9.17, 15) is 9.90 Å². The summed E-state index contributed by atoms with van der Waals surface area (Å²) in [5, 5.41) is 9.30. The molecule has 82 valence electrons. The minimum atomic E-state index is -0.405. The minimum absolute atomic E-state index is 0.175. The van der Waals surface area contributed by atoms with Crippen LogP contribution in [0.2, 0.25) is 0 Å². The lowest BCUT2D eigenvalue weighted by Gasteiger charge is -2.13. The number of aliphatic hydroxyl groups excluding tert-OH is 1. The van der Waals surface area contributed by atoms with Crippen molar-refractivity contribution in [1.29, 1.82) is 0 Å². The second-order valence-electron chi connectivity index (χ2n) is 3.66. The number of amides is 1. The highest BCUT2D eigenvalue weighted by molar-refractivity contribution is 5.91. The third-order valence-electron chi connectivity index (χ3n) is 2.52. The highest BCUT2D eigenvalue weighted by Crippen LogP contribution is 2.15. The first-order valence-corrected chi connectivity index (χ1v) is 4.97. The normalized spacial score (nSPS) is 20.9. The highest BCUT2D eigenvalue weighted by Gasteiger charge is 2.26. The van der Waals surface area contributed by atoms with Crippen LogP contribution in [0.3, 0.4) is 0 Å². The maximum Gasteiger partial charge on any atom is 0.289 e. The van der Waals surface area contributed by atoms with Gasteiger partial charge in [-0.25, -0.2) is 0 Å². The van der Waals surface area contributed by atoms with Crippen molar-refractivity contribution in [3.63, 3.8) is 0 Å². The summed E-state index contributed by atoms with van der Waals surface area (Å²) in [5.41, 5.74) is 5.38. The van der Waals surface area contributed by atoms with E-state index in [-0.39, 0.29) is 12.5 Å². The van der Waals surface area contributed by atoms with Crippen LogP contribution in [0.15, 0.2) is 16.5 Å². The monoisotopic (exact) mass is 210 g/mol. The van der Waals surface area contributed by atoms with Crippen LogP contribution in [-0.2, 0) is 6.54 Å². The molecule has 5 nitrogen and oxygen atoms in total. The van der Waals surface area contributed by atoms with Gasteiger partial charge in [-0.2, -0.15) is 0 Å². The molecule has 0 aliphatic carbocycles. The summed E-state index contributed by atoms with van der Waals surface area (Å²) in [7, 11) is 0. The molecule has 0 radical (unpaired) electrons. The van der Waals surface area contributed by atoms with E-state index in [1.807, 2.05) is 0 Å². The van der Waals surface area contributed by atoms with Crippen molar-refractivity contribution in [2.45, 2.75) is 19.1 Å². The van der Waals surface area contributed by atoms with Crippen LogP contribution in [0, 0.1) is 0 Å². The van der Waals surface area contributed by atoms with E-state index < -0.39 is 6.10 Å². The van der Waals surface area contributed by atoms with Crippen LogP contribution in [0.25, 0.3) is 0 Å². The van der Waals surface area contributed by atoms with Crippen molar-refractivity contribution in [3.8, 4) is 0 Å². The smallest absolute Gasteiger partial charge is 0.289 e. The number of furan rings is 1. The lowest BCUT2D eigenvalue weighted by molar-refractivity contribution is 0.0732. The second kappa shape index (κ2) is 4.04. The summed E-state index contributed by atoms with van der Waals surface area (Å²) >= 11 is 0. The Morgan fingerprint density at radius 2 is 2.47 bits per heavy atom. The van der Waals surface area contributed by atoms with Gasteiger partial charge in [-0.15, -0.1) is 0 Å². The minimum Gasteiger partial charge on any atom is -0.455 e. The number of carbonyl (C=O) groups is 1. The van der Waals surface area contributed by atoms with Gasteiger partial charge < -0.3 is 20.2 Å². The van der Waals surface area contributed by atoms with Gasteiger partial charge in [0.1, 0.15) is 5.76 Å². The van der Waals surface area contributed by atoms with Gasteiger partial charge in [0.05, 0.1) is 12.6 Å². The molecule has 0 spiro atoms. The lowest BCUT2D eigenvalue weighted by atomic mass is 10.3. The maximum atomic E-state index is 11.8. The molecular weight excluding hydrogens is 196 g/mol. The Balaban J connectivity index is 2.07. The van der Waals surface area contributed by atoms with E-state index in [1.54, 1.807) is 17.0 Å². The highest BCUT2D eigenvalue weighted by atomic mass is 16.4. The van der Waals surface area contributed by atoms with E-state index >= 15 is 0 Å². The molecule has 0 bridgehead atoms. The third-order valence-corrected chi connectivity index (χ3v) is 2.52. The zero-order valence-corrected chi connectivity index (χ0v) is 8.35. The molecule has 0 aromatic carbocycles. The fraction of sp³-hybridized carbons (Fsp3) is 0.500. The quantitative estimate of drug-likeness (QED) is 0.717. The third kappa shape index (κ3) is 2.03. The number of β-amino-alcohol motifs (C(OH)–C–C–N with tert-alkyl or cyclic N) is 1. The summed E-state index contributed by atoms with van der Waals surface area (Å²) in [5.74, 6) is 0.717. The number of hydrogen-bond donors (Lipinski definition) is 2. The first kappa shape index (κ1) is 10.2. The molecule has 0 saturated carbocycles. The van der Waals surface area contributed by atoms with Crippen LogP contribution in [0.5, 0.6) is 0 Å². The Hall–Kier alpha value is -1.33. The number of hydrogen-bond acceptors (Lipinski definition) is 4. The van der Waals surface area contributed by atoms with Crippen molar-refractivity contribution >= 4 is 5.91 Å². The van der Waals surface area contributed by atoms with E-state index in [4.69, 9.17) is 10.2 Å². The molecule has 15 heavy (non-hydrogen) atoms. The summed E-state index contributed by atoms with van der Waals surface area (Å²) in [4.78, 5) is 13.4. The first-order valence-electron chi connectivity index (χ1n) is 4.97. The van der Waals surface area contributed by atoms with Gasteiger partial charge in [-0.1, -0.05) is 0 Å². The van der Waals surface area contributed by atoms with E-state index in [2.05, 4.69) is 0 Å². The van der Waals surface area contributed by atoms with Gasteiger partial charge in [0, 0.05) is 13.1 Å². The summed E-state index contributed by atoms with van der Waals surface area (Å²) in [6.07, 6.45) is 0.230. The zero-order chi connectivity index (χ0) is 10.8. The number of aliphatic hydroxyl groups is 1. The number of nitrogens with two attached hydrogens (primary N) is 1. The van der Waals surface area contributed by atoms with Gasteiger partial charge in [0.15, 0.2) is 5.76 Å². The van der Waals surface area contributed by atoms with Crippen LogP contribution in [0.4, 0.5) is 0 Å². The Kier molecular flexibility index (Phi) is 2.75. The van der Waals surface area contributed by atoms with Gasteiger partial charge in [0.25, 0.3) is 5.91 Å². The molecule has 2 heterocycles. The molecule has 3 N–H and O–H groups in total. The van der Waals surface area contributed by atoms with Crippen molar-refractivity contribution in [2.24, 2.45) is 5.73 Å². The maximum absolute atomic E-state index is 11.8. The van der Waals surface area contributed by atoms with Crippen molar-refractivity contribution in [1.82, 2.24) is 4.90 Å². The molecule has 0 unspecified atom stereocenters. The number of nitrogens with zero attached hydrogens (tertiary/aromatic N) is 1. The molecule has 1 aliphatic heterocycles. The van der Waals surface area contributed by atoms with E-state index in [0.717, 1.165) is 0 Å². The Morgan fingerprint density at radius 1 is 1.67 bits per heavy atom. The predicted molar refractivity (Wildman–Crippen MR) is 53.1 cm³/mol. The van der Waals surface area contributed by atoms with Crippen LogP contribution >= 0.6 is 0 Å². The fourth-order valence-electron chi connectivity index (χ4n) is 1.68. The summed E-state index contributed by atoms with van der Waals surface area (Å²) in [6, 6.07) is 3.31. The van der Waals surface area contributed by atoms with E-state index in [1.165, 1.54) is 0 Å². The van der Waals surface area contributed by atoms with Crippen molar-refractivity contribution in [3.05, 3.63) is 23.7 Å². The Labute approximate surface area is 87.5 Å². The van der Waals surface area contributed by atoms with Gasteiger partial charge in [-0.05, 0) is 18.6 Å². The molecule has 1 aromatic rings. The fourth-order valence-corrected chi connectivity index (χ4v) is 1.68. The zero-order valence-electron chi connectivity index (χ0n) is 8.35. The standard InChI is InChI=1S/C10H14N2O3/c11-5-8-1-2-9(15-8)10(14)12-4-3-7(13)6-12/h1-2,7,13H,3-6,11H2/t7-/m1/s1. The average molecular weight is 210 g/mol. The van der Waals surface area contributed by atoms with Gasteiger partial charge in [-0.3, -0.25) is 4.79 Å². The Morgan fingerprint density at radius 3 is 3.00 bits per heavy atom. The largest absolute Gasteiger partial charge is 0.455 e. The lowest BCUT2D eigenvalue weighted by Crippen LogP contribution is -2.29. The number of carbonyl (C=O) groups excluding carboxylic acids is 1. The Bertz CT molecular complexity index is 361. The average Bonchev–Trinajstić information content (AvgIpc) is 2.84. The van der Waals surface area contributed by atoms with Crippen LogP contribution < -0.4 is 5.73 Å². The summed E-state index contributed by atoms with van der Waals surface area (Å²) in [6.45, 7) is 1.26. The van der Waals surface area contributed by atoms with Crippen LogP contribution in [0.1, 0.15) is 22.7 Å². The molecule has 1 aromatic heterocycles. The molecule has 2 rings (SSSR count). The SMILES string of the molecule is NCc1ccc(C(=O)N2CC[C@@H](O)C2)o1. The van der Waals surface area contributed by atoms with Crippen molar-refractivity contribution < 1.29 is 14.3 Å². The first-order chi connectivity index (χ1) is 7.20. The molecule has 1 aliphatic rings. The van der Waals surface area contributed by atoms with E-state index in [0.29, 0.717) is 31.0 Å². The second-order valence-corrected chi connectivity index (χ2v) is 3.66.